The van der Waals surface area contributed by atoms with Gasteiger partial charge in [0.25, 0.3) is 0 Å². The summed E-state index contributed by atoms with van der Waals surface area (Å²) in [5.74, 6) is 1.32. The van der Waals surface area contributed by atoms with Gasteiger partial charge in [0, 0.05) is 19.1 Å². The number of hydrogen-bond donors (Lipinski definition) is 1. The molecule has 1 aliphatic heterocycles. The highest BCUT2D eigenvalue weighted by Crippen LogP contribution is 2.33. The number of hydrogen-bond acceptors (Lipinski definition) is 4. The molecule has 2 aliphatic rings. The fourth-order valence-electron chi connectivity index (χ4n) is 3.46. The Morgan fingerprint density at radius 1 is 1.17 bits per heavy atom. The summed E-state index contributed by atoms with van der Waals surface area (Å²) in [7, 11) is -1.98. The monoisotopic (exact) mass is 352 g/mol. The molecule has 134 valence electrons. The molecule has 1 saturated heterocycles. The molecule has 1 heterocycles. The van der Waals surface area contributed by atoms with Crippen molar-refractivity contribution in [3.05, 3.63) is 23.3 Å². The second kappa shape index (κ2) is 7.02. The molecule has 6 heteroatoms. The van der Waals surface area contributed by atoms with Gasteiger partial charge in [0.1, 0.15) is 10.6 Å². The minimum atomic E-state index is -3.51. The van der Waals surface area contributed by atoms with Gasteiger partial charge in [-0.25, -0.2) is 8.42 Å². The summed E-state index contributed by atoms with van der Waals surface area (Å²) in [6.07, 6.45) is 4.43. The molecule has 1 aromatic rings. The zero-order valence-corrected chi connectivity index (χ0v) is 15.7. The van der Waals surface area contributed by atoms with Crippen molar-refractivity contribution in [2.75, 3.05) is 26.7 Å². The average Bonchev–Trinajstić information content (AvgIpc) is 3.37. The number of benzene rings is 1. The van der Waals surface area contributed by atoms with Gasteiger partial charge >= 0.3 is 0 Å². The molecule has 0 atom stereocenters. The Morgan fingerprint density at radius 3 is 2.42 bits per heavy atom. The van der Waals surface area contributed by atoms with E-state index in [1.165, 1.54) is 20.0 Å². The van der Waals surface area contributed by atoms with Crippen LogP contribution in [0.15, 0.2) is 17.0 Å². The van der Waals surface area contributed by atoms with E-state index in [9.17, 15) is 8.42 Å². The number of nitrogens with zero attached hydrogens (tertiary/aromatic N) is 1. The van der Waals surface area contributed by atoms with Gasteiger partial charge in [-0.05, 0) is 69.2 Å². The van der Waals surface area contributed by atoms with Gasteiger partial charge in [0.05, 0.1) is 7.11 Å². The van der Waals surface area contributed by atoms with E-state index < -0.39 is 10.0 Å². The van der Waals surface area contributed by atoms with E-state index >= 15 is 0 Å². The molecule has 5 nitrogen and oxygen atoms in total. The van der Waals surface area contributed by atoms with E-state index in [1.54, 1.807) is 10.4 Å². The van der Waals surface area contributed by atoms with Crippen molar-refractivity contribution in [3.63, 3.8) is 0 Å². The van der Waals surface area contributed by atoms with Crippen LogP contribution in [-0.2, 0) is 10.0 Å². The highest BCUT2D eigenvalue weighted by Gasteiger charge is 2.32. The maximum absolute atomic E-state index is 13.1. The summed E-state index contributed by atoms with van der Waals surface area (Å²) in [4.78, 5) is 0.298. The molecule has 1 aliphatic carbocycles. The normalized spacial score (nSPS) is 20.3. The number of methoxy groups -OCH3 is 1. The van der Waals surface area contributed by atoms with Gasteiger partial charge in [0.2, 0.25) is 10.0 Å². The van der Waals surface area contributed by atoms with E-state index in [0.29, 0.717) is 29.8 Å². The zero-order chi connectivity index (χ0) is 17.3. The molecular formula is C18H28N2O3S. The Hall–Kier alpha value is -1.11. The molecule has 0 unspecified atom stereocenters. The predicted molar refractivity (Wildman–Crippen MR) is 95.0 cm³/mol. The third-order valence-corrected chi connectivity index (χ3v) is 6.96. The lowest BCUT2D eigenvalue weighted by Crippen LogP contribution is -2.45. The van der Waals surface area contributed by atoms with Crippen LogP contribution in [0.3, 0.4) is 0 Å². The molecule has 0 spiro atoms. The van der Waals surface area contributed by atoms with Crippen molar-refractivity contribution in [1.29, 1.82) is 0 Å². The maximum atomic E-state index is 13.1. The first-order chi connectivity index (χ1) is 11.4. The molecular weight excluding hydrogens is 324 g/mol. The Bertz CT molecular complexity index is 690. The molecule has 0 aromatic heterocycles. The molecule has 1 N–H and O–H groups in total. The second-order valence-electron chi connectivity index (χ2n) is 7.14. The molecule has 1 aromatic carbocycles. The van der Waals surface area contributed by atoms with Crippen LogP contribution >= 0.6 is 0 Å². The van der Waals surface area contributed by atoms with Crippen molar-refractivity contribution >= 4 is 10.0 Å². The molecule has 3 rings (SSSR count). The first-order valence-corrected chi connectivity index (χ1v) is 10.2. The Morgan fingerprint density at radius 2 is 1.83 bits per heavy atom. The number of ether oxygens (including phenoxy) is 1. The minimum Gasteiger partial charge on any atom is -0.495 e. The van der Waals surface area contributed by atoms with Gasteiger partial charge in [-0.1, -0.05) is 6.07 Å². The summed E-state index contributed by atoms with van der Waals surface area (Å²) in [5.41, 5.74) is 1.80. The molecule has 0 amide bonds. The van der Waals surface area contributed by atoms with Gasteiger partial charge in [-0.15, -0.1) is 0 Å². The van der Waals surface area contributed by atoms with Crippen LogP contribution in [0.5, 0.6) is 5.75 Å². The van der Waals surface area contributed by atoms with Gasteiger partial charge in [0.15, 0.2) is 0 Å². The van der Waals surface area contributed by atoms with Crippen LogP contribution in [0, 0.1) is 19.8 Å². The summed E-state index contributed by atoms with van der Waals surface area (Å²) in [5, 5.41) is 3.59. The summed E-state index contributed by atoms with van der Waals surface area (Å²) < 4.78 is 33.2. The van der Waals surface area contributed by atoms with E-state index in [4.69, 9.17) is 4.74 Å². The van der Waals surface area contributed by atoms with Crippen molar-refractivity contribution in [2.45, 2.75) is 50.5 Å². The predicted octanol–water partition coefficient (Wildman–Crippen LogP) is 2.46. The molecule has 2 fully saturated rings. The van der Waals surface area contributed by atoms with Crippen LogP contribution in [-0.4, -0.2) is 45.5 Å². The minimum absolute atomic E-state index is 0.298. The zero-order valence-electron chi connectivity index (χ0n) is 14.8. The van der Waals surface area contributed by atoms with E-state index in [0.717, 1.165) is 36.4 Å². The standard InChI is InChI=1S/C18H28N2O3S/c1-13-10-14(2)18(23-3)17(11-13)24(21,22)20-8-6-16(7-9-20)19-12-15-4-5-15/h10-11,15-16,19H,4-9,12H2,1-3H3. The molecule has 1 saturated carbocycles. The fraction of sp³-hybridized carbons (Fsp3) is 0.667. The first kappa shape index (κ1) is 17.7. The Balaban J connectivity index is 1.72. The topological polar surface area (TPSA) is 58.6 Å². The lowest BCUT2D eigenvalue weighted by Gasteiger charge is -2.32. The second-order valence-corrected chi connectivity index (χ2v) is 9.05. The highest BCUT2D eigenvalue weighted by molar-refractivity contribution is 7.89. The highest BCUT2D eigenvalue weighted by atomic mass is 32.2. The van der Waals surface area contributed by atoms with Crippen LogP contribution in [0.25, 0.3) is 0 Å². The van der Waals surface area contributed by atoms with Crippen LogP contribution < -0.4 is 10.1 Å². The number of sulfonamides is 1. The van der Waals surface area contributed by atoms with Gasteiger partial charge in [-0.2, -0.15) is 4.31 Å². The van der Waals surface area contributed by atoms with E-state index in [2.05, 4.69) is 5.32 Å². The first-order valence-electron chi connectivity index (χ1n) is 8.80. The number of rotatable bonds is 6. The Labute approximate surface area is 145 Å². The molecule has 0 radical (unpaired) electrons. The van der Waals surface area contributed by atoms with Crippen LogP contribution in [0.4, 0.5) is 0 Å². The van der Waals surface area contributed by atoms with Crippen molar-refractivity contribution < 1.29 is 13.2 Å². The lowest BCUT2D eigenvalue weighted by atomic mass is 10.1. The number of aryl methyl sites for hydroxylation is 2. The fourth-order valence-corrected chi connectivity index (χ4v) is 5.25. The van der Waals surface area contributed by atoms with Crippen LogP contribution in [0.1, 0.15) is 36.8 Å². The summed E-state index contributed by atoms with van der Waals surface area (Å²) in [6.45, 7) is 6.03. The largest absolute Gasteiger partial charge is 0.495 e. The van der Waals surface area contributed by atoms with Crippen molar-refractivity contribution in [3.8, 4) is 5.75 Å². The van der Waals surface area contributed by atoms with E-state index in [-0.39, 0.29) is 0 Å². The maximum Gasteiger partial charge on any atom is 0.246 e. The molecule has 0 bridgehead atoms. The smallest absolute Gasteiger partial charge is 0.246 e. The number of nitrogens with one attached hydrogen (secondary N) is 1. The van der Waals surface area contributed by atoms with E-state index in [1.807, 2.05) is 19.9 Å². The van der Waals surface area contributed by atoms with Crippen LogP contribution in [0.2, 0.25) is 0 Å². The molecule has 24 heavy (non-hydrogen) atoms. The van der Waals surface area contributed by atoms with Gasteiger partial charge in [-0.3, -0.25) is 0 Å². The van der Waals surface area contributed by atoms with Gasteiger partial charge < -0.3 is 10.1 Å². The quantitative estimate of drug-likeness (QED) is 0.854. The summed E-state index contributed by atoms with van der Waals surface area (Å²) in [6, 6.07) is 4.11. The number of piperidine rings is 1. The lowest BCUT2D eigenvalue weighted by molar-refractivity contribution is 0.287. The Kier molecular flexibility index (Phi) is 5.18. The average molecular weight is 353 g/mol. The third kappa shape index (κ3) is 3.76. The van der Waals surface area contributed by atoms with Crippen molar-refractivity contribution in [2.24, 2.45) is 5.92 Å². The van der Waals surface area contributed by atoms with Crippen molar-refractivity contribution in [1.82, 2.24) is 9.62 Å². The SMILES string of the molecule is COc1c(C)cc(C)cc1S(=O)(=O)N1CCC(NCC2CC2)CC1. The summed E-state index contributed by atoms with van der Waals surface area (Å²) >= 11 is 0. The third-order valence-electron chi connectivity index (χ3n) is 5.05.